The van der Waals surface area contributed by atoms with E-state index in [1.54, 1.807) is 44.4 Å². The highest BCUT2D eigenvalue weighted by Crippen LogP contribution is 2.30. The summed E-state index contributed by atoms with van der Waals surface area (Å²) in [5.74, 6) is 0.506. The number of aromatic nitrogens is 2. The Bertz CT molecular complexity index is 632. The molecule has 104 valence electrons. The highest BCUT2D eigenvalue weighted by atomic mass is 79.9. The van der Waals surface area contributed by atoms with Crippen LogP contribution < -0.4 is 4.74 Å². The van der Waals surface area contributed by atoms with E-state index in [1.165, 1.54) is 4.90 Å². The number of rotatable bonds is 3. The second-order valence-corrected chi connectivity index (χ2v) is 5.46. The summed E-state index contributed by atoms with van der Waals surface area (Å²) in [6, 6.07) is 8.36. The van der Waals surface area contributed by atoms with Crippen molar-refractivity contribution in [1.29, 1.82) is 0 Å². The van der Waals surface area contributed by atoms with Crippen LogP contribution in [0.1, 0.15) is 10.5 Å². The predicted molar refractivity (Wildman–Crippen MR) is 79.3 cm³/mol. The zero-order valence-electron chi connectivity index (χ0n) is 10.8. The van der Waals surface area contributed by atoms with E-state index >= 15 is 0 Å². The standard InChI is InChI=1S/C13H11BrClN3O2/c1-18(2)13(19)10-5-6-12(17-16-10)20-11-7-8(14)3-4-9(11)15/h3-7H,1-2H3. The van der Waals surface area contributed by atoms with E-state index < -0.39 is 0 Å². The Balaban J connectivity index is 2.19. The van der Waals surface area contributed by atoms with Crippen LogP contribution in [0.4, 0.5) is 0 Å². The zero-order chi connectivity index (χ0) is 14.7. The van der Waals surface area contributed by atoms with Gasteiger partial charge in [0.05, 0.1) is 5.02 Å². The van der Waals surface area contributed by atoms with Crippen LogP contribution in [0.5, 0.6) is 11.6 Å². The van der Waals surface area contributed by atoms with E-state index in [0.29, 0.717) is 10.8 Å². The highest BCUT2D eigenvalue weighted by molar-refractivity contribution is 9.10. The molecule has 7 heteroatoms. The van der Waals surface area contributed by atoms with Crippen LogP contribution >= 0.6 is 27.5 Å². The Kier molecular flexibility index (Phi) is 4.57. The smallest absolute Gasteiger partial charge is 0.273 e. The van der Waals surface area contributed by atoms with Crippen LogP contribution in [0.2, 0.25) is 5.02 Å². The molecule has 20 heavy (non-hydrogen) atoms. The van der Waals surface area contributed by atoms with Gasteiger partial charge in [0.25, 0.3) is 5.91 Å². The van der Waals surface area contributed by atoms with Crippen molar-refractivity contribution in [2.24, 2.45) is 0 Å². The third-order valence-corrected chi connectivity index (χ3v) is 3.18. The van der Waals surface area contributed by atoms with Crippen molar-refractivity contribution in [3.63, 3.8) is 0 Å². The molecule has 0 aliphatic carbocycles. The summed E-state index contributed by atoms with van der Waals surface area (Å²) in [7, 11) is 3.30. The molecule has 0 radical (unpaired) electrons. The molecule has 0 N–H and O–H groups in total. The van der Waals surface area contributed by atoms with Gasteiger partial charge in [-0.15, -0.1) is 10.2 Å². The first-order valence-electron chi connectivity index (χ1n) is 5.65. The summed E-state index contributed by atoms with van der Waals surface area (Å²) in [6.07, 6.45) is 0. The number of hydrogen-bond acceptors (Lipinski definition) is 4. The molecule has 0 fully saturated rings. The van der Waals surface area contributed by atoms with Gasteiger partial charge in [-0.1, -0.05) is 27.5 Å². The largest absolute Gasteiger partial charge is 0.436 e. The van der Waals surface area contributed by atoms with E-state index in [0.717, 1.165) is 4.47 Å². The Morgan fingerprint density at radius 1 is 1.25 bits per heavy atom. The van der Waals surface area contributed by atoms with Crippen molar-refractivity contribution in [3.8, 4) is 11.6 Å². The van der Waals surface area contributed by atoms with Gasteiger partial charge in [-0.25, -0.2) is 0 Å². The van der Waals surface area contributed by atoms with Gasteiger partial charge in [0.15, 0.2) is 5.69 Å². The molecule has 0 atom stereocenters. The fourth-order valence-corrected chi connectivity index (χ4v) is 1.88. The third kappa shape index (κ3) is 3.46. The maximum Gasteiger partial charge on any atom is 0.273 e. The molecule has 0 saturated carbocycles. The molecule has 2 aromatic rings. The lowest BCUT2D eigenvalue weighted by molar-refractivity contribution is 0.0820. The first-order valence-corrected chi connectivity index (χ1v) is 6.83. The van der Waals surface area contributed by atoms with Gasteiger partial charge >= 0.3 is 0 Å². The summed E-state index contributed by atoms with van der Waals surface area (Å²) in [5.41, 5.74) is 0.252. The molecule has 0 spiro atoms. The third-order valence-electron chi connectivity index (χ3n) is 2.37. The minimum atomic E-state index is -0.218. The number of carbonyl (C=O) groups excluding carboxylic acids is 1. The number of benzene rings is 1. The van der Waals surface area contributed by atoms with Crippen LogP contribution in [-0.4, -0.2) is 35.1 Å². The summed E-state index contributed by atoms with van der Waals surface area (Å²) < 4.78 is 6.36. The van der Waals surface area contributed by atoms with Gasteiger partial charge in [-0.2, -0.15) is 0 Å². The van der Waals surface area contributed by atoms with Crippen molar-refractivity contribution in [2.45, 2.75) is 0 Å². The minimum Gasteiger partial charge on any atom is -0.436 e. The van der Waals surface area contributed by atoms with Crippen LogP contribution in [0.25, 0.3) is 0 Å². The van der Waals surface area contributed by atoms with Gasteiger partial charge < -0.3 is 9.64 Å². The predicted octanol–water partition coefficient (Wildman–Crippen LogP) is 3.39. The van der Waals surface area contributed by atoms with Crippen LogP contribution in [-0.2, 0) is 0 Å². The molecule has 1 aromatic heterocycles. The van der Waals surface area contributed by atoms with Gasteiger partial charge in [-0.3, -0.25) is 4.79 Å². The Morgan fingerprint density at radius 2 is 2.00 bits per heavy atom. The molecular weight excluding hydrogens is 346 g/mol. The van der Waals surface area contributed by atoms with E-state index in [1.807, 2.05) is 0 Å². The van der Waals surface area contributed by atoms with Gasteiger partial charge in [0.1, 0.15) is 5.75 Å². The lowest BCUT2D eigenvalue weighted by Gasteiger charge is -2.09. The average molecular weight is 357 g/mol. The molecule has 0 aliphatic heterocycles. The summed E-state index contributed by atoms with van der Waals surface area (Å²) >= 11 is 9.35. The minimum absolute atomic E-state index is 0.218. The Labute approximate surface area is 129 Å². The molecule has 0 aliphatic rings. The number of carbonyl (C=O) groups is 1. The van der Waals surface area contributed by atoms with Crippen LogP contribution in [0, 0.1) is 0 Å². The van der Waals surface area contributed by atoms with Crippen molar-refractivity contribution in [1.82, 2.24) is 15.1 Å². The normalized spacial score (nSPS) is 10.2. The monoisotopic (exact) mass is 355 g/mol. The summed E-state index contributed by atoms with van der Waals surface area (Å²) in [6.45, 7) is 0. The number of halogens is 2. The van der Waals surface area contributed by atoms with Gasteiger partial charge in [0.2, 0.25) is 5.88 Å². The Hall–Kier alpha value is -1.66. The molecule has 1 amide bonds. The number of ether oxygens (including phenoxy) is 1. The fourth-order valence-electron chi connectivity index (χ4n) is 1.39. The summed E-state index contributed by atoms with van der Waals surface area (Å²) in [5, 5.41) is 8.14. The number of hydrogen-bond donors (Lipinski definition) is 0. The maximum atomic E-state index is 11.7. The molecule has 2 rings (SSSR count). The van der Waals surface area contributed by atoms with Gasteiger partial charge in [0, 0.05) is 24.6 Å². The van der Waals surface area contributed by atoms with Gasteiger partial charge in [-0.05, 0) is 24.3 Å². The second kappa shape index (κ2) is 6.19. The average Bonchev–Trinajstić information content (AvgIpc) is 2.43. The van der Waals surface area contributed by atoms with Crippen molar-refractivity contribution < 1.29 is 9.53 Å². The van der Waals surface area contributed by atoms with Crippen LogP contribution in [0.15, 0.2) is 34.8 Å². The SMILES string of the molecule is CN(C)C(=O)c1ccc(Oc2cc(Br)ccc2Cl)nn1. The van der Waals surface area contributed by atoms with E-state index in [2.05, 4.69) is 26.1 Å². The van der Waals surface area contributed by atoms with E-state index in [-0.39, 0.29) is 17.5 Å². The summed E-state index contributed by atoms with van der Waals surface area (Å²) in [4.78, 5) is 13.1. The lowest BCUT2D eigenvalue weighted by atomic mass is 10.3. The van der Waals surface area contributed by atoms with Crippen molar-refractivity contribution >= 4 is 33.4 Å². The molecule has 0 bridgehead atoms. The molecule has 1 aromatic carbocycles. The molecular formula is C13H11BrClN3O2. The Morgan fingerprint density at radius 3 is 2.60 bits per heavy atom. The van der Waals surface area contributed by atoms with Crippen molar-refractivity contribution in [3.05, 3.63) is 45.5 Å². The van der Waals surface area contributed by atoms with Crippen LogP contribution in [0.3, 0.4) is 0 Å². The number of nitrogens with zero attached hydrogens (tertiary/aromatic N) is 3. The quantitative estimate of drug-likeness (QED) is 0.846. The topological polar surface area (TPSA) is 55.3 Å². The highest BCUT2D eigenvalue weighted by Gasteiger charge is 2.11. The van der Waals surface area contributed by atoms with E-state index in [9.17, 15) is 4.79 Å². The number of amides is 1. The fraction of sp³-hybridized carbons (Fsp3) is 0.154. The van der Waals surface area contributed by atoms with Crippen molar-refractivity contribution in [2.75, 3.05) is 14.1 Å². The molecule has 0 saturated heterocycles. The lowest BCUT2D eigenvalue weighted by Crippen LogP contribution is -2.23. The molecule has 5 nitrogen and oxygen atoms in total. The first kappa shape index (κ1) is 14.7. The second-order valence-electron chi connectivity index (χ2n) is 4.13. The molecule has 1 heterocycles. The molecule has 0 unspecified atom stereocenters. The van der Waals surface area contributed by atoms with E-state index in [4.69, 9.17) is 16.3 Å². The zero-order valence-corrected chi connectivity index (χ0v) is 13.1. The first-order chi connectivity index (χ1) is 9.47. The maximum absolute atomic E-state index is 11.7.